The maximum Gasteiger partial charge on any atom is 0.243 e. The maximum atomic E-state index is 12.5. The van der Waals surface area contributed by atoms with Gasteiger partial charge >= 0.3 is 0 Å². The van der Waals surface area contributed by atoms with E-state index in [1.54, 1.807) is 16.2 Å². The Hall–Kier alpha value is -2.54. The first kappa shape index (κ1) is 16.0. The molecule has 0 bridgehead atoms. The van der Waals surface area contributed by atoms with Crippen LogP contribution in [0.1, 0.15) is 23.3 Å². The third kappa shape index (κ3) is 3.32. The lowest BCUT2D eigenvalue weighted by molar-refractivity contribution is -0.135. The van der Waals surface area contributed by atoms with Crippen LogP contribution in [0.4, 0.5) is 0 Å². The number of carbonyl (C=O) groups is 2. The van der Waals surface area contributed by atoms with Crippen molar-refractivity contribution in [2.45, 2.75) is 32.0 Å². The summed E-state index contributed by atoms with van der Waals surface area (Å²) in [6.45, 7) is 1.11. The molecule has 0 aliphatic carbocycles. The van der Waals surface area contributed by atoms with Gasteiger partial charge in [0.05, 0.1) is 6.54 Å². The van der Waals surface area contributed by atoms with Crippen LogP contribution in [0.25, 0.3) is 0 Å². The van der Waals surface area contributed by atoms with Crippen LogP contribution < -0.4 is 14.8 Å². The largest absolute Gasteiger partial charge is 0.454 e. The molecule has 130 valence electrons. The molecule has 0 saturated carbocycles. The van der Waals surface area contributed by atoms with Crippen molar-refractivity contribution in [3.63, 3.8) is 0 Å². The fourth-order valence-electron chi connectivity index (χ4n) is 3.15. The molecule has 0 radical (unpaired) electrons. The van der Waals surface area contributed by atoms with Gasteiger partial charge in [-0.3, -0.25) is 9.59 Å². The average molecular weight is 358 g/mol. The highest BCUT2D eigenvalue weighted by Gasteiger charge is 2.36. The SMILES string of the molecule is O=C(NCc1cccs1)C1CCC(=O)N1Cc1ccc2c(c1)OCO2. The normalized spacial score (nSPS) is 18.6. The first-order valence-corrected chi connectivity index (χ1v) is 9.07. The number of hydrogen-bond donors (Lipinski definition) is 1. The molecule has 0 spiro atoms. The summed E-state index contributed by atoms with van der Waals surface area (Å²) in [6, 6.07) is 9.13. The molecular formula is C18H18N2O4S. The highest BCUT2D eigenvalue weighted by Crippen LogP contribution is 2.33. The maximum absolute atomic E-state index is 12.5. The van der Waals surface area contributed by atoms with Crippen molar-refractivity contribution in [3.05, 3.63) is 46.2 Å². The van der Waals surface area contributed by atoms with Gasteiger partial charge in [-0.2, -0.15) is 0 Å². The Balaban J connectivity index is 1.43. The van der Waals surface area contributed by atoms with Crippen molar-refractivity contribution >= 4 is 23.2 Å². The lowest BCUT2D eigenvalue weighted by Gasteiger charge is -2.24. The van der Waals surface area contributed by atoms with E-state index in [9.17, 15) is 9.59 Å². The van der Waals surface area contributed by atoms with E-state index in [-0.39, 0.29) is 18.6 Å². The summed E-state index contributed by atoms with van der Waals surface area (Å²) in [4.78, 5) is 27.5. The van der Waals surface area contributed by atoms with Gasteiger partial charge in [0.15, 0.2) is 11.5 Å². The number of hydrogen-bond acceptors (Lipinski definition) is 5. The molecule has 2 amide bonds. The Morgan fingerprint density at radius 1 is 1.28 bits per heavy atom. The molecule has 25 heavy (non-hydrogen) atoms. The summed E-state index contributed by atoms with van der Waals surface area (Å²) >= 11 is 1.60. The van der Waals surface area contributed by atoms with Crippen LogP contribution in [0.3, 0.4) is 0 Å². The van der Waals surface area contributed by atoms with Gasteiger partial charge in [-0.05, 0) is 35.6 Å². The van der Waals surface area contributed by atoms with Crippen molar-refractivity contribution in [1.82, 2.24) is 10.2 Å². The zero-order valence-corrected chi connectivity index (χ0v) is 14.4. The Morgan fingerprint density at radius 2 is 2.16 bits per heavy atom. The van der Waals surface area contributed by atoms with Crippen LogP contribution in [-0.4, -0.2) is 29.5 Å². The minimum atomic E-state index is -0.419. The third-order valence-electron chi connectivity index (χ3n) is 4.44. The molecule has 2 aliphatic rings. The highest BCUT2D eigenvalue weighted by atomic mass is 32.1. The quantitative estimate of drug-likeness (QED) is 0.890. The molecule has 2 aliphatic heterocycles. The summed E-state index contributed by atoms with van der Waals surface area (Å²) in [5.74, 6) is 1.30. The monoisotopic (exact) mass is 358 g/mol. The number of thiophene rings is 1. The van der Waals surface area contributed by atoms with Gasteiger partial charge in [0.25, 0.3) is 0 Å². The van der Waals surface area contributed by atoms with E-state index >= 15 is 0 Å². The second-order valence-electron chi connectivity index (χ2n) is 6.06. The van der Waals surface area contributed by atoms with Crippen LogP contribution in [0.5, 0.6) is 11.5 Å². The van der Waals surface area contributed by atoms with Gasteiger partial charge in [-0.1, -0.05) is 12.1 Å². The average Bonchev–Trinajstić information content (AvgIpc) is 3.35. The zero-order valence-electron chi connectivity index (χ0n) is 13.6. The Labute approximate surface area is 149 Å². The number of nitrogens with zero attached hydrogens (tertiary/aromatic N) is 1. The molecule has 1 aromatic heterocycles. The van der Waals surface area contributed by atoms with Crippen molar-refractivity contribution < 1.29 is 19.1 Å². The second-order valence-corrected chi connectivity index (χ2v) is 7.09. The molecule has 1 N–H and O–H groups in total. The van der Waals surface area contributed by atoms with Crippen LogP contribution in [-0.2, 0) is 22.7 Å². The molecule has 1 aromatic carbocycles. The summed E-state index contributed by atoms with van der Waals surface area (Å²) in [6.07, 6.45) is 0.960. The van der Waals surface area contributed by atoms with E-state index in [4.69, 9.17) is 9.47 Å². The standard InChI is InChI=1S/C18H18N2O4S/c21-17-6-4-14(18(22)19-9-13-2-1-7-25-13)20(17)10-12-3-5-15-16(8-12)24-11-23-15/h1-3,5,7-8,14H,4,6,9-11H2,(H,19,22). The lowest BCUT2D eigenvalue weighted by atomic mass is 10.1. The number of nitrogens with one attached hydrogen (secondary N) is 1. The molecule has 3 heterocycles. The van der Waals surface area contributed by atoms with E-state index in [2.05, 4.69) is 5.32 Å². The summed E-state index contributed by atoms with van der Waals surface area (Å²) in [5, 5.41) is 4.92. The first-order chi connectivity index (χ1) is 12.2. The van der Waals surface area contributed by atoms with Crippen molar-refractivity contribution in [2.24, 2.45) is 0 Å². The van der Waals surface area contributed by atoms with Crippen LogP contribution in [0.15, 0.2) is 35.7 Å². The van der Waals surface area contributed by atoms with Gasteiger partial charge < -0.3 is 19.7 Å². The number of ether oxygens (including phenoxy) is 2. The van der Waals surface area contributed by atoms with Crippen molar-refractivity contribution in [2.75, 3.05) is 6.79 Å². The van der Waals surface area contributed by atoms with E-state index < -0.39 is 6.04 Å². The Kier molecular flexibility index (Phi) is 4.31. The predicted octanol–water partition coefficient (Wildman–Crippen LogP) is 2.28. The molecular weight excluding hydrogens is 340 g/mol. The first-order valence-electron chi connectivity index (χ1n) is 8.19. The molecule has 1 atom stereocenters. The van der Waals surface area contributed by atoms with E-state index in [1.165, 1.54) is 0 Å². The van der Waals surface area contributed by atoms with Gasteiger partial charge in [0, 0.05) is 17.8 Å². The third-order valence-corrected chi connectivity index (χ3v) is 5.31. The van der Waals surface area contributed by atoms with Crippen LogP contribution >= 0.6 is 11.3 Å². The van der Waals surface area contributed by atoms with Crippen LogP contribution in [0.2, 0.25) is 0 Å². The molecule has 1 saturated heterocycles. The predicted molar refractivity (Wildman–Crippen MR) is 92.3 cm³/mol. The van der Waals surface area contributed by atoms with Crippen molar-refractivity contribution in [1.29, 1.82) is 0 Å². The summed E-state index contributed by atoms with van der Waals surface area (Å²) in [7, 11) is 0. The highest BCUT2D eigenvalue weighted by molar-refractivity contribution is 7.09. The molecule has 2 aromatic rings. The minimum absolute atomic E-state index is 0.00828. The number of likely N-dealkylation sites (tertiary alicyclic amines) is 1. The van der Waals surface area contributed by atoms with E-state index in [0.717, 1.165) is 10.4 Å². The molecule has 6 nitrogen and oxygen atoms in total. The van der Waals surface area contributed by atoms with E-state index in [1.807, 2.05) is 35.7 Å². The minimum Gasteiger partial charge on any atom is -0.454 e. The van der Waals surface area contributed by atoms with Gasteiger partial charge in [-0.15, -0.1) is 11.3 Å². The Bertz CT molecular complexity index is 790. The molecule has 1 unspecified atom stereocenters. The Morgan fingerprint density at radius 3 is 3.00 bits per heavy atom. The van der Waals surface area contributed by atoms with Gasteiger partial charge in [0.2, 0.25) is 18.6 Å². The second kappa shape index (κ2) is 6.76. The summed E-state index contributed by atoms with van der Waals surface area (Å²) in [5.41, 5.74) is 0.926. The number of carbonyl (C=O) groups excluding carboxylic acids is 2. The fraction of sp³-hybridized carbons (Fsp3) is 0.333. The molecule has 7 heteroatoms. The topological polar surface area (TPSA) is 67.9 Å². The number of benzene rings is 1. The molecule has 1 fully saturated rings. The summed E-state index contributed by atoms with van der Waals surface area (Å²) < 4.78 is 10.7. The van der Waals surface area contributed by atoms with Gasteiger partial charge in [0.1, 0.15) is 6.04 Å². The van der Waals surface area contributed by atoms with Crippen molar-refractivity contribution in [3.8, 4) is 11.5 Å². The van der Waals surface area contributed by atoms with Gasteiger partial charge in [-0.25, -0.2) is 0 Å². The smallest absolute Gasteiger partial charge is 0.243 e. The number of rotatable bonds is 5. The fourth-order valence-corrected chi connectivity index (χ4v) is 3.79. The number of amides is 2. The van der Waals surface area contributed by atoms with Crippen LogP contribution in [0, 0.1) is 0 Å². The molecule has 4 rings (SSSR count). The zero-order chi connectivity index (χ0) is 17.2. The lowest BCUT2D eigenvalue weighted by Crippen LogP contribution is -2.44. The number of fused-ring (bicyclic) bond motifs is 1. The van der Waals surface area contributed by atoms with E-state index in [0.29, 0.717) is 37.4 Å².